The molecule has 0 aromatic heterocycles. The molecule has 0 saturated heterocycles. The Morgan fingerprint density at radius 3 is 2.82 bits per heavy atom. The van der Waals surface area contributed by atoms with Crippen molar-refractivity contribution in [1.82, 2.24) is 0 Å². The SMILES string of the molecule is NOCc1ccc(Cl)c(I)c1. The molecule has 60 valence electrons. The molecule has 0 saturated carbocycles. The molecule has 0 radical (unpaired) electrons. The second kappa shape index (κ2) is 4.25. The predicted molar refractivity (Wildman–Crippen MR) is 53.1 cm³/mol. The lowest BCUT2D eigenvalue weighted by molar-refractivity contribution is 0.124. The second-order valence-corrected chi connectivity index (χ2v) is 3.63. The minimum Gasteiger partial charge on any atom is -0.300 e. The summed E-state index contributed by atoms with van der Waals surface area (Å²) in [7, 11) is 0. The Kier molecular flexibility index (Phi) is 3.58. The molecule has 2 N–H and O–H groups in total. The molecular formula is C7H7ClINO. The van der Waals surface area contributed by atoms with Crippen LogP contribution in [0.3, 0.4) is 0 Å². The zero-order valence-electron chi connectivity index (χ0n) is 5.68. The molecule has 0 spiro atoms. The highest BCUT2D eigenvalue weighted by molar-refractivity contribution is 14.1. The van der Waals surface area contributed by atoms with Gasteiger partial charge in [0, 0.05) is 3.57 Å². The zero-order valence-corrected chi connectivity index (χ0v) is 8.59. The molecule has 4 heteroatoms. The van der Waals surface area contributed by atoms with Crippen LogP contribution in [-0.4, -0.2) is 0 Å². The van der Waals surface area contributed by atoms with E-state index in [0.717, 1.165) is 14.2 Å². The summed E-state index contributed by atoms with van der Waals surface area (Å²) in [4.78, 5) is 4.48. The van der Waals surface area contributed by atoms with Crippen molar-refractivity contribution < 1.29 is 4.84 Å². The standard InChI is InChI=1S/C7H7ClINO/c8-6-2-1-5(4-11-10)3-7(6)9/h1-3H,4,10H2. The highest BCUT2D eigenvalue weighted by Crippen LogP contribution is 2.19. The van der Waals surface area contributed by atoms with Crippen molar-refractivity contribution in [3.05, 3.63) is 32.4 Å². The van der Waals surface area contributed by atoms with Crippen LogP contribution in [-0.2, 0) is 11.4 Å². The van der Waals surface area contributed by atoms with E-state index in [0.29, 0.717) is 6.61 Å². The fourth-order valence-corrected chi connectivity index (χ4v) is 1.42. The van der Waals surface area contributed by atoms with Gasteiger partial charge < -0.3 is 0 Å². The highest BCUT2D eigenvalue weighted by atomic mass is 127. The smallest absolute Gasteiger partial charge is 0.0930 e. The van der Waals surface area contributed by atoms with Crippen LogP contribution in [0.15, 0.2) is 18.2 Å². The Hall–Kier alpha value is 0.160. The molecule has 0 aliphatic carbocycles. The summed E-state index contributed by atoms with van der Waals surface area (Å²) in [6, 6.07) is 5.66. The lowest BCUT2D eigenvalue weighted by Crippen LogP contribution is -1.98. The number of benzene rings is 1. The molecule has 0 atom stereocenters. The average Bonchev–Trinajstić information content (AvgIpc) is 1.98. The lowest BCUT2D eigenvalue weighted by atomic mass is 10.2. The summed E-state index contributed by atoms with van der Waals surface area (Å²) in [6.07, 6.45) is 0. The molecule has 11 heavy (non-hydrogen) atoms. The summed E-state index contributed by atoms with van der Waals surface area (Å²) >= 11 is 7.96. The van der Waals surface area contributed by atoms with E-state index in [9.17, 15) is 0 Å². The third-order valence-corrected chi connectivity index (χ3v) is 2.77. The molecule has 0 bridgehead atoms. The normalized spacial score (nSPS) is 10.1. The monoisotopic (exact) mass is 283 g/mol. The topological polar surface area (TPSA) is 35.2 Å². The van der Waals surface area contributed by atoms with Crippen molar-refractivity contribution in [3.8, 4) is 0 Å². The van der Waals surface area contributed by atoms with E-state index in [1.54, 1.807) is 0 Å². The first kappa shape index (κ1) is 9.25. The summed E-state index contributed by atoms with van der Waals surface area (Å²) in [5, 5.41) is 0.756. The molecule has 2 nitrogen and oxygen atoms in total. The van der Waals surface area contributed by atoms with Gasteiger partial charge in [0.25, 0.3) is 0 Å². The van der Waals surface area contributed by atoms with Crippen molar-refractivity contribution >= 4 is 34.2 Å². The van der Waals surface area contributed by atoms with E-state index in [1.807, 2.05) is 18.2 Å². The van der Waals surface area contributed by atoms with Gasteiger partial charge in [0.2, 0.25) is 0 Å². The Balaban J connectivity index is 2.86. The molecule has 0 unspecified atom stereocenters. The maximum Gasteiger partial charge on any atom is 0.0930 e. The predicted octanol–water partition coefficient (Wildman–Crippen LogP) is 2.33. The van der Waals surface area contributed by atoms with Crippen LogP contribution in [0.2, 0.25) is 5.02 Å². The average molecular weight is 283 g/mol. The molecule has 1 rings (SSSR count). The van der Waals surface area contributed by atoms with Crippen LogP contribution in [0, 0.1) is 3.57 Å². The highest BCUT2D eigenvalue weighted by Gasteiger charge is 1.97. The van der Waals surface area contributed by atoms with E-state index >= 15 is 0 Å². The van der Waals surface area contributed by atoms with Crippen LogP contribution in [0.5, 0.6) is 0 Å². The van der Waals surface area contributed by atoms with Gasteiger partial charge in [-0.1, -0.05) is 17.7 Å². The van der Waals surface area contributed by atoms with Crippen molar-refractivity contribution in [3.63, 3.8) is 0 Å². The van der Waals surface area contributed by atoms with Gasteiger partial charge >= 0.3 is 0 Å². The summed E-state index contributed by atoms with van der Waals surface area (Å²) < 4.78 is 1.01. The minimum absolute atomic E-state index is 0.424. The van der Waals surface area contributed by atoms with E-state index in [4.69, 9.17) is 17.5 Å². The lowest BCUT2D eigenvalue weighted by Gasteiger charge is -2.00. The zero-order chi connectivity index (χ0) is 8.27. The first-order valence-electron chi connectivity index (χ1n) is 2.99. The van der Waals surface area contributed by atoms with Crippen LogP contribution in [0.1, 0.15) is 5.56 Å². The number of halogens is 2. The van der Waals surface area contributed by atoms with Gasteiger partial charge in [-0.2, -0.15) is 0 Å². The molecule has 0 aliphatic heterocycles. The minimum atomic E-state index is 0.424. The van der Waals surface area contributed by atoms with Gasteiger partial charge in [-0.25, -0.2) is 5.90 Å². The van der Waals surface area contributed by atoms with Crippen molar-refractivity contribution in [2.75, 3.05) is 0 Å². The van der Waals surface area contributed by atoms with Crippen molar-refractivity contribution in [2.24, 2.45) is 5.90 Å². The fraction of sp³-hybridized carbons (Fsp3) is 0.143. The quantitative estimate of drug-likeness (QED) is 0.668. The first-order valence-corrected chi connectivity index (χ1v) is 4.45. The fourth-order valence-electron chi connectivity index (χ4n) is 0.726. The molecule has 0 heterocycles. The molecule has 0 aliphatic rings. The van der Waals surface area contributed by atoms with Crippen LogP contribution in [0.25, 0.3) is 0 Å². The molecule has 1 aromatic rings. The molecule has 0 fully saturated rings. The third-order valence-electron chi connectivity index (χ3n) is 1.23. The largest absolute Gasteiger partial charge is 0.300 e. The second-order valence-electron chi connectivity index (χ2n) is 2.06. The van der Waals surface area contributed by atoms with Gasteiger partial charge in [-0.3, -0.25) is 4.84 Å². The Morgan fingerprint density at radius 1 is 1.55 bits per heavy atom. The van der Waals surface area contributed by atoms with Gasteiger partial charge in [0.05, 0.1) is 11.6 Å². The van der Waals surface area contributed by atoms with Gasteiger partial charge in [0.1, 0.15) is 0 Å². The maximum absolute atomic E-state index is 5.80. The summed E-state index contributed by atoms with van der Waals surface area (Å²) in [5.74, 6) is 4.91. The van der Waals surface area contributed by atoms with Gasteiger partial charge in [0.15, 0.2) is 0 Å². The number of hydrogen-bond donors (Lipinski definition) is 1. The summed E-state index contributed by atoms with van der Waals surface area (Å²) in [6.45, 7) is 0.424. The van der Waals surface area contributed by atoms with E-state index < -0.39 is 0 Å². The Bertz CT molecular complexity index is 254. The molecule has 0 amide bonds. The van der Waals surface area contributed by atoms with Gasteiger partial charge in [-0.15, -0.1) is 0 Å². The van der Waals surface area contributed by atoms with Crippen LogP contribution in [0.4, 0.5) is 0 Å². The van der Waals surface area contributed by atoms with E-state index in [-0.39, 0.29) is 0 Å². The van der Waals surface area contributed by atoms with Gasteiger partial charge in [-0.05, 0) is 40.3 Å². The molecular weight excluding hydrogens is 276 g/mol. The Morgan fingerprint density at radius 2 is 2.27 bits per heavy atom. The summed E-state index contributed by atoms with van der Waals surface area (Å²) in [5.41, 5.74) is 1.03. The van der Waals surface area contributed by atoms with Crippen LogP contribution < -0.4 is 5.90 Å². The third kappa shape index (κ3) is 2.59. The number of nitrogens with two attached hydrogens (primary N) is 1. The van der Waals surface area contributed by atoms with Crippen molar-refractivity contribution in [1.29, 1.82) is 0 Å². The van der Waals surface area contributed by atoms with Crippen LogP contribution >= 0.6 is 34.2 Å². The Labute approximate surface area is 83.8 Å². The number of hydrogen-bond acceptors (Lipinski definition) is 2. The first-order chi connectivity index (χ1) is 5.24. The van der Waals surface area contributed by atoms with Crippen molar-refractivity contribution in [2.45, 2.75) is 6.61 Å². The van der Waals surface area contributed by atoms with E-state index in [2.05, 4.69) is 27.4 Å². The maximum atomic E-state index is 5.80. The van der Waals surface area contributed by atoms with E-state index in [1.165, 1.54) is 0 Å². The molecule has 1 aromatic carbocycles. The number of rotatable bonds is 2.